The van der Waals surface area contributed by atoms with Crippen molar-refractivity contribution in [1.82, 2.24) is 19.6 Å². The summed E-state index contributed by atoms with van der Waals surface area (Å²) >= 11 is 0. The highest BCUT2D eigenvalue weighted by molar-refractivity contribution is 5.93. The summed E-state index contributed by atoms with van der Waals surface area (Å²) in [5.74, 6) is -0.107. The predicted molar refractivity (Wildman–Crippen MR) is 92.7 cm³/mol. The van der Waals surface area contributed by atoms with Crippen LogP contribution in [-0.4, -0.2) is 25.5 Å². The van der Waals surface area contributed by atoms with Gasteiger partial charge in [0, 0.05) is 24.6 Å². The molecule has 3 aromatic rings. The van der Waals surface area contributed by atoms with Crippen LogP contribution in [-0.2, 0) is 17.8 Å². The third-order valence-corrected chi connectivity index (χ3v) is 3.99. The average Bonchev–Trinajstić information content (AvgIpc) is 3.22. The van der Waals surface area contributed by atoms with E-state index in [2.05, 4.69) is 27.6 Å². The molecule has 1 atom stereocenters. The van der Waals surface area contributed by atoms with Gasteiger partial charge in [-0.3, -0.25) is 14.2 Å². The van der Waals surface area contributed by atoms with Crippen molar-refractivity contribution in [3.8, 4) is 0 Å². The van der Waals surface area contributed by atoms with E-state index in [4.69, 9.17) is 0 Å². The van der Waals surface area contributed by atoms with Crippen LogP contribution in [0.4, 0.5) is 5.69 Å². The Labute approximate surface area is 141 Å². The van der Waals surface area contributed by atoms with E-state index in [0.717, 1.165) is 18.7 Å². The summed E-state index contributed by atoms with van der Waals surface area (Å²) in [7, 11) is 0. The second kappa shape index (κ2) is 7.12. The molecule has 2 aromatic heterocycles. The smallest absolute Gasteiger partial charge is 0.249 e. The van der Waals surface area contributed by atoms with Gasteiger partial charge in [0.15, 0.2) is 0 Å². The standard InChI is InChI=1S/C18H21N5O/c1-14-8-10-19-23(14)15(2)18(24)21-17-12-20-22(13-17)11-9-16-6-4-3-5-7-16/h3-8,10,12-13,15H,9,11H2,1-2H3,(H,21,24)/t15-/m1/s1. The lowest BCUT2D eigenvalue weighted by Crippen LogP contribution is -2.25. The van der Waals surface area contributed by atoms with Gasteiger partial charge in [0.25, 0.3) is 0 Å². The first-order valence-corrected chi connectivity index (χ1v) is 8.01. The van der Waals surface area contributed by atoms with E-state index in [0.29, 0.717) is 5.69 Å². The largest absolute Gasteiger partial charge is 0.322 e. The third kappa shape index (κ3) is 3.71. The highest BCUT2D eigenvalue weighted by atomic mass is 16.2. The number of nitrogens with one attached hydrogen (secondary N) is 1. The van der Waals surface area contributed by atoms with Crippen molar-refractivity contribution in [2.24, 2.45) is 0 Å². The maximum Gasteiger partial charge on any atom is 0.249 e. The molecule has 3 rings (SSSR count). The Kier molecular flexibility index (Phi) is 4.74. The molecule has 0 fully saturated rings. The van der Waals surface area contributed by atoms with Crippen LogP contribution in [0.25, 0.3) is 0 Å². The number of hydrogen-bond donors (Lipinski definition) is 1. The maximum atomic E-state index is 12.3. The summed E-state index contributed by atoms with van der Waals surface area (Å²) in [4.78, 5) is 12.3. The lowest BCUT2D eigenvalue weighted by molar-refractivity contribution is -0.119. The lowest BCUT2D eigenvalue weighted by atomic mass is 10.1. The number of aryl methyl sites for hydroxylation is 3. The molecule has 6 heteroatoms. The van der Waals surface area contributed by atoms with Crippen LogP contribution in [0.5, 0.6) is 0 Å². The van der Waals surface area contributed by atoms with Crippen LogP contribution in [0.3, 0.4) is 0 Å². The summed E-state index contributed by atoms with van der Waals surface area (Å²) in [6.45, 7) is 4.53. The molecule has 6 nitrogen and oxygen atoms in total. The summed E-state index contributed by atoms with van der Waals surface area (Å²) in [6, 6.07) is 11.8. The summed E-state index contributed by atoms with van der Waals surface area (Å²) in [5, 5.41) is 11.4. The van der Waals surface area contributed by atoms with Gasteiger partial charge in [-0.25, -0.2) is 0 Å². The molecule has 0 saturated heterocycles. The van der Waals surface area contributed by atoms with E-state index in [-0.39, 0.29) is 11.9 Å². The molecule has 0 spiro atoms. The molecule has 0 bridgehead atoms. The monoisotopic (exact) mass is 323 g/mol. The zero-order chi connectivity index (χ0) is 16.9. The fourth-order valence-corrected chi connectivity index (χ4v) is 2.58. The van der Waals surface area contributed by atoms with Crippen LogP contribution in [0.2, 0.25) is 0 Å². The van der Waals surface area contributed by atoms with E-state index >= 15 is 0 Å². The van der Waals surface area contributed by atoms with Crippen LogP contribution in [0.1, 0.15) is 24.2 Å². The van der Waals surface area contributed by atoms with Crippen molar-refractivity contribution in [3.05, 3.63) is 66.2 Å². The normalized spacial score (nSPS) is 12.1. The van der Waals surface area contributed by atoms with Gasteiger partial charge in [-0.05, 0) is 31.9 Å². The molecule has 2 heterocycles. The second-order valence-electron chi connectivity index (χ2n) is 5.81. The number of nitrogens with zero attached hydrogens (tertiary/aromatic N) is 4. The minimum Gasteiger partial charge on any atom is -0.322 e. The second-order valence-corrected chi connectivity index (χ2v) is 5.81. The van der Waals surface area contributed by atoms with E-state index < -0.39 is 0 Å². The number of carbonyl (C=O) groups excluding carboxylic acids is 1. The molecule has 0 aliphatic carbocycles. The van der Waals surface area contributed by atoms with Gasteiger partial charge in [-0.2, -0.15) is 10.2 Å². The number of hydrogen-bond acceptors (Lipinski definition) is 3. The molecular weight excluding hydrogens is 302 g/mol. The van der Waals surface area contributed by atoms with Crippen LogP contribution >= 0.6 is 0 Å². The summed E-state index contributed by atoms with van der Waals surface area (Å²) in [5.41, 5.74) is 2.92. The summed E-state index contributed by atoms with van der Waals surface area (Å²) < 4.78 is 3.54. The van der Waals surface area contributed by atoms with Gasteiger partial charge < -0.3 is 5.32 Å². The average molecular weight is 323 g/mol. The first-order valence-electron chi connectivity index (χ1n) is 8.01. The fraction of sp³-hybridized carbons (Fsp3) is 0.278. The molecule has 0 aliphatic heterocycles. The van der Waals surface area contributed by atoms with Crippen LogP contribution < -0.4 is 5.32 Å². The van der Waals surface area contributed by atoms with E-state index in [1.807, 2.05) is 49.0 Å². The third-order valence-electron chi connectivity index (χ3n) is 3.99. The van der Waals surface area contributed by atoms with Gasteiger partial charge in [0.05, 0.1) is 11.9 Å². The number of benzene rings is 1. The fourth-order valence-electron chi connectivity index (χ4n) is 2.58. The number of anilines is 1. The molecule has 0 unspecified atom stereocenters. The Morgan fingerprint density at radius 2 is 2.00 bits per heavy atom. The zero-order valence-electron chi connectivity index (χ0n) is 13.9. The first kappa shape index (κ1) is 16.0. The molecule has 0 radical (unpaired) electrons. The minimum absolute atomic E-state index is 0.107. The molecule has 1 N–H and O–H groups in total. The molecule has 1 aromatic carbocycles. The molecule has 0 aliphatic rings. The Hall–Kier alpha value is -2.89. The number of carbonyl (C=O) groups is 1. The SMILES string of the molecule is Cc1ccnn1[C@H](C)C(=O)Nc1cnn(CCc2ccccc2)c1. The number of amides is 1. The molecule has 24 heavy (non-hydrogen) atoms. The van der Waals surface area contributed by atoms with Crippen molar-refractivity contribution in [2.45, 2.75) is 32.9 Å². The van der Waals surface area contributed by atoms with Gasteiger partial charge in [0.1, 0.15) is 6.04 Å². The number of rotatable bonds is 6. The van der Waals surface area contributed by atoms with Gasteiger partial charge in [-0.1, -0.05) is 30.3 Å². The van der Waals surface area contributed by atoms with Gasteiger partial charge >= 0.3 is 0 Å². The van der Waals surface area contributed by atoms with Crippen LogP contribution in [0, 0.1) is 6.92 Å². The Balaban J connectivity index is 1.57. The Morgan fingerprint density at radius 3 is 2.71 bits per heavy atom. The molecule has 0 saturated carbocycles. The predicted octanol–water partition coefficient (Wildman–Crippen LogP) is 2.83. The Bertz CT molecular complexity index is 806. The van der Waals surface area contributed by atoms with E-state index in [1.54, 1.807) is 17.1 Å². The zero-order valence-corrected chi connectivity index (χ0v) is 13.9. The van der Waals surface area contributed by atoms with Crippen molar-refractivity contribution in [3.63, 3.8) is 0 Å². The molecule has 124 valence electrons. The number of aromatic nitrogens is 4. The molecule has 1 amide bonds. The van der Waals surface area contributed by atoms with E-state index in [1.165, 1.54) is 5.56 Å². The quantitative estimate of drug-likeness (QED) is 0.758. The van der Waals surface area contributed by atoms with Crippen molar-refractivity contribution < 1.29 is 4.79 Å². The topological polar surface area (TPSA) is 64.7 Å². The van der Waals surface area contributed by atoms with Crippen molar-refractivity contribution in [1.29, 1.82) is 0 Å². The lowest BCUT2D eigenvalue weighted by Gasteiger charge is -2.13. The molecular formula is C18H21N5O. The maximum absolute atomic E-state index is 12.3. The van der Waals surface area contributed by atoms with Gasteiger partial charge in [-0.15, -0.1) is 0 Å². The van der Waals surface area contributed by atoms with E-state index in [9.17, 15) is 4.79 Å². The first-order chi connectivity index (χ1) is 11.6. The highest BCUT2D eigenvalue weighted by Crippen LogP contribution is 2.13. The highest BCUT2D eigenvalue weighted by Gasteiger charge is 2.17. The van der Waals surface area contributed by atoms with Crippen LogP contribution in [0.15, 0.2) is 55.0 Å². The Morgan fingerprint density at radius 1 is 1.21 bits per heavy atom. The van der Waals surface area contributed by atoms with Crippen molar-refractivity contribution in [2.75, 3.05) is 5.32 Å². The van der Waals surface area contributed by atoms with Gasteiger partial charge in [0.2, 0.25) is 5.91 Å². The minimum atomic E-state index is -0.368. The summed E-state index contributed by atoms with van der Waals surface area (Å²) in [6.07, 6.45) is 6.12. The van der Waals surface area contributed by atoms with Crippen molar-refractivity contribution >= 4 is 11.6 Å².